The van der Waals surface area contributed by atoms with Gasteiger partial charge in [-0.2, -0.15) is 5.26 Å². The number of aryl methyl sites for hydroxylation is 1. The van der Waals surface area contributed by atoms with Crippen LogP contribution in [-0.4, -0.2) is 59.9 Å². The topological polar surface area (TPSA) is 127 Å². The number of aromatic nitrogens is 1. The number of nitrogens with one attached hydrogen (secondary N) is 3. The zero-order valence-electron chi connectivity index (χ0n) is 20.7. The summed E-state index contributed by atoms with van der Waals surface area (Å²) in [7, 11) is 1.56. The van der Waals surface area contributed by atoms with E-state index in [1.54, 1.807) is 30.2 Å². The van der Waals surface area contributed by atoms with Gasteiger partial charge in [0, 0.05) is 30.3 Å². The van der Waals surface area contributed by atoms with Crippen molar-refractivity contribution in [1.29, 1.82) is 5.26 Å². The van der Waals surface area contributed by atoms with Crippen molar-refractivity contribution in [2.45, 2.75) is 45.7 Å². The number of H-pyrrole nitrogens is 1. The third-order valence-corrected chi connectivity index (χ3v) is 7.89. The number of piperidine rings is 1. The first-order chi connectivity index (χ1) is 16.6. The number of amides is 3. The number of nitriles is 1. The molecule has 1 aromatic heterocycles. The Morgan fingerprint density at radius 3 is 2.80 bits per heavy atom. The third kappa shape index (κ3) is 4.33. The standard InChI is InChI=1S/C26H33N5O4/c1-6-7-20(35-5)17-11-19(29-14(17)2)25(34)31-13-18-21(26(18,3)4)22(31)24(33)30-16(12-27)10-15-8-9-28-23(15)32/h6-7,11,15-16,18,21-22,29H,1,8-10,13H2,2-5H3,(H,28,32)(H,30,33)/b20-7+. The Bertz CT molecular complexity index is 1130. The number of nitrogens with zero attached hydrogens (tertiary/aromatic N) is 2. The normalized spacial score (nSPS) is 27.5. The van der Waals surface area contributed by atoms with Crippen LogP contribution < -0.4 is 10.6 Å². The van der Waals surface area contributed by atoms with Crippen molar-refractivity contribution in [3.8, 4) is 6.07 Å². The van der Waals surface area contributed by atoms with E-state index < -0.39 is 12.1 Å². The van der Waals surface area contributed by atoms with Crippen LogP contribution in [0.4, 0.5) is 0 Å². The Morgan fingerprint density at radius 1 is 1.46 bits per heavy atom. The molecule has 5 unspecified atom stereocenters. The Morgan fingerprint density at radius 2 is 2.20 bits per heavy atom. The van der Waals surface area contributed by atoms with E-state index in [2.05, 4.69) is 42.1 Å². The van der Waals surface area contributed by atoms with Crippen molar-refractivity contribution >= 4 is 23.5 Å². The van der Waals surface area contributed by atoms with Crippen LogP contribution in [0.25, 0.3) is 5.76 Å². The lowest BCUT2D eigenvalue weighted by Crippen LogP contribution is -2.52. The van der Waals surface area contributed by atoms with Gasteiger partial charge in [0.25, 0.3) is 5.91 Å². The molecule has 3 heterocycles. The number of fused-ring (bicyclic) bond motifs is 1. The van der Waals surface area contributed by atoms with E-state index >= 15 is 0 Å². The van der Waals surface area contributed by atoms with Gasteiger partial charge >= 0.3 is 0 Å². The molecule has 3 amide bonds. The van der Waals surface area contributed by atoms with E-state index in [9.17, 15) is 19.6 Å². The molecule has 1 saturated carbocycles. The zero-order valence-corrected chi connectivity index (χ0v) is 20.7. The summed E-state index contributed by atoms with van der Waals surface area (Å²) in [6, 6.07) is 2.39. The monoisotopic (exact) mass is 479 g/mol. The molecule has 0 bridgehead atoms. The van der Waals surface area contributed by atoms with Gasteiger partial charge < -0.3 is 25.3 Å². The molecule has 35 heavy (non-hydrogen) atoms. The van der Waals surface area contributed by atoms with Crippen LogP contribution in [-0.2, 0) is 14.3 Å². The van der Waals surface area contributed by atoms with E-state index in [0.717, 1.165) is 11.3 Å². The molecule has 2 saturated heterocycles. The summed E-state index contributed by atoms with van der Waals surface area (Å²) in [5.41, 5.74) is 1.84. The van der Waals surface area contributed by atoms with E-state index in [0.29, 0.717) is 31.0 Å². The first kappa shape index (κ1) is 24.6. The van der Waals surface area contributed by atoms with Gasteiger partial charge in [0.2, 0.25) is 11.8 Å². The fourth-order valence-electron chi connectivity index (χ4n) is 5.81. The number of allylic oxidation sites excluding steroid dienone is 2. The maximum Gasteiger partial charge on any atom is 0.270 e. The van der Waals surface area contributed by atoms with Gasteiger partial charge in [-0.15, -0.1) is 0 Å². The summed E-state index contributed by atoms with van der Waals surface area (Å²) in [5.74, 6) is -0.153. The van der Waals surface area contributed by atoms with E-state index in [1.165, 1.54) is 0 Å². The van der Waals surface area contributed by atoms with Crippen LogP contribution in [0.15, 0.2) is 24.8 Å². The van der Waals surface area contributed by atoms with Crippen LogP contribution in [0.2, 0.25) is 0 Å². The number of methoxy groups -OCH3 is 1. The Kier molecular flexibility index (Phi) is 6.50. The van der Waals surface area contributed by atoms with Crippen LogP contribution in [0.5, 0.6) is 0 Å². The van der Waals surface area contributed by atoms with Crippen molar-refractivity contribution in [2.75, 3.05) is 20.2 Å². The van der Waals surface area contributed by atoms with Gasteiger partial charge in [-0.05, 0) is 49.2 Å². The van der Waals surface area contributed by atoms with E-state index in [4.69, 9.17) is 4.74 Å². The first-order valence-corrected chi connectivity index (χ1v) is 12.0. The molecule has 3 N–H and O–H groups in total. The summed E-state index contributed by atoms with van der Waals surface area (Å²) in [6.07, 6.45) is 4.25. The lowest BCUT2D eigenvalue weighted by Gasteiger charge is -2.30. The molecule has 2 aliphatic heterocycles. The minimum Gasteiger partial charge on any atom is -0.496 e. The van der Waals surface area contributed by atoms with Crippen molar-refractivity contribution in [2.24, 2.45) is 23.2 Å². The fourth-order valence-corrected chi connectivity index (χ4v) is 5.81. The SMILES string of the molecule is C=C/C=C(/OC)c1cc(C(=O)N2CC3C(C2C(=O)NC(C#N)CC2CCNC2=O)C3(C)C)[nH]c1C. The summed E-state index contributed by atoms with van der Waals surface area (Å²) in [6.45, 7) is 10.8. The minimum absolute atomic E-state index is 0.0197. The number of ether oxygens (including phenoxy) is 1. The highest BCUT2D eigenvalue weighted by atomic mass is 16.5. The summed E-state index contributed by atoms with van der Waals surface area (Å²) >= 11 is 0. The predicted molar refractivity (Wildman–Crippen MR) is 130 cm³/mol. The van der Waals surface area contributed by atoms with Crippen molar-refractivity contribution in [1.82, 2.24) is 20.5 Å². The largest absolute Gasteiger partial charge is 0.496 e. The quantitative estimate of drug-likeness (QED) is 0.389. The zero-order chi connectivity index (χ0) is 25.5. The summed E-state index contributed by atoms with van der Waals surface area (Å²) in [4.78, 5) is 43.7. The molecule has 1 aliphatic carbocycles. The fraction of sp³-hybridized carbons (Fsp3) is 0.538. The van der Waals surface area contributed by atoms with Crippen LogP contribution in [0.3, 0.4) is 0 Å². The maximum atomic E-state index is 13.6. The van der Waals surface area contributed by atoms with Crippen LogP contribution in [0, 0.1) is 41.4 Å². The highest BCUT2D eigenvalue weighted by molar-refractivity contribution is 5.98. The molecule has 5 atom stereocenters. The molecule has 9 heteroatoms. The second kappa shape index (κ2) is 9.25. The lowest BCUT2D eigenvalue weighted by atomic mass is 9.97. The molecular formula is C26H33N5O4. The molecule has 9 nitrogen and oxygen atoms in total. The van der Waals surface area contributed by atoms with Crippen molar-refractivity contribution in [3.63, 3.8) is 0 Å². The molecule has 1 aromatic rings. The molecule has 3 aliphatic rings. The number of likely N-dealkylation sites (tertiary alicyclic amines) is 1. The Labute approximate surface area is 205 Å². The van der Waals surface area contributed by atoms with Crippen molar-refractivity contribution < 1.29 is 19.1 Å². The summed E-state index contributed by atoms with van der Waals surface area (Å²) < 4.78 is 5.43. The summed E-state index contributed by atoms with van der Waals surface area (Å²) in [5, 5.41) is 15.2. The second-order valence-electron chi connectivity index (χ2n) is 10.3. The molecule has 0 aromatic carbocycles. The highest BCUT2D eigenvalue weighted by Crippen LogP contribution is 2.65. The smallest absolute Gasteiger partial charge is 0.270 e. The van der Waals surface area contributed by atoms with Gasteiger partial charge in [-0.25, -0.2) is 0 Å². The number of carbonyl (C=O) groups excluding carboxylic acids is 3. The maximum absolute atomic E-state index is 13.6. The van der Waals surface area contributed by atoms with Gasteiger partial charge in [-0.1, -0.05) is 26.5 Å². The van der Waals surface area contributed by atoms with E-state index in [-0.39, 0.29) is 47.3 Å². The number of hydrogen-bond acceptors (Lipinski definition) is 5. The Hall–Kier alpha value is -3.54. The number of aromatic amines is 1. The minimum atomic E-state index is -0.790. The van der Waals surface area contributed by atoms with Gasteiger partial charge in [0.15, 0.2) is 0 Å². The number of carbonyl (C=O) groups is 3. The average Bonchev–Trinajstić information content (AvgIpc) is 3.30. The van der Waals surface area contributed by atoms with Crippen molar-refractivity contribution in [3.05, 3.63) is 41.7 Å². The van der Waals surface area contributed by atoms with E-state index in [1.807, 2.05) is 6.92 Å². The third-order valence-electron chi connectivity index (χ3n) is 7.89. The lowest BCUT2D eigenvalue weighted by molar-refractivity contribution is -0.127. The van der Waals surface area contributed by atoms with Gasteiger partial charge in [-0.3, -0.25) is 14.4 Å². The predicted octanol–water partition coefficient (Wildman–Crippen LogP) is 2.13. The molecule has 186 valence electrons. The second-order valence-corrected chi connectivity index (χ2v) is 10.3. The van der Waals surface area contributed by atoms with Crippen LogP contribution >= 0.6 is 0 Å². The first-order valence-electron chi connectivity index (χ1n) is 12.0. The van der Waals surface area contributed by atoms with Gasteiger partial charge in [0.05, 0.1) is 13.2 Å². The van der Waals surface area contributed by atoms with Crippen LogP contribution in [0.1, 0.15) is 48.4 Å². The molecule has 0 radical (unpaired) electrons. The molecular weight excluding hydrogens is 446 g/mol. The molecule has 3 fully saturated rings. The highest BCUT2D eigenvalue weighted by Gasteiger charge is 2.69. The number of hydrogen-bond donors (Lipinski definition) is 3. The van der Waals surface area contributed by atoms with Gasteiger partial charge in [0.1, 0.15) is 23.5 Å². The molecule has 0 spiro atoms. The number of rotatable bonds is 8. The Balaban J connectivity index is 1.54. The molecule has 4 rings (SSSR count). The average molecular weight is 480 g/mol.